The summed E-state index contributed by atoms with van der Waals surface area (Å²) in [4.78, 5) is 19.5. The minimum absolute atomic E-state index is 0.0652. The summed E-state index contributed by atoms with van der Waals surface area (Å²) in [6, 6.07) is 6.02. The molecule has 2 heterocycles. The number of pyridine rings is 1. The third-order valence-electron chi connectivity index (χ3n) is 3.28. The van der Waals surface area contributed by atoms with Gasteiger partial charge in [0.1, 0.15) is 5.82 Å². The Morgan fingerprint density at radius 2 is 2.40 bits per heavy atom. The predicted molar refractivity (Wildman–Crippen MR) is 77.6 cm³/mol. The van der Waals surface area contributed by atoms with Gasteiger partial charge < -0.3 is 15.4 Å². The number of rotatable bonds is 5. The lowest BCUT2D eigenvalue weighted by atomic mass is 10.2. The normalized spacial score (nSPS) is 19.4. The van der Waals surface area contributed by atoms with E-state index in [1.165, 1.54) is 0 Å². The molecule has 0 aliphatic carbocycles. The van der Waals surface area contributed by atoms with Crippen molar-refractivity contribution in [2.75, 3.05) is 44.7 Å². The van der Waals surface area contributed by atoms with E-state index in [1.807, 2.05) is 37.1 Å². The van der Waals surface area contributed by atoms with Crippen LogP contribution < -0.4 is 10.6 Å². The van der Waals surface area contributed by atoms with Crippen molar-refractivity contribution in [3.8, 4) is 0 Å². The van der Waals surface area contributed by atoms with Crippen LogP contribution in [0.1, 0.15) is 5.69 Å². The Morgan fingerprint density at radius 3 is 3.10 bits per heavy atom. The topological polar surface area (TPSA) is 71.7 Å². The molecule has 1 aromatic rings. The number of anilines is 1. The molecule has 0 spiro atoms. The molecule has 2 N–H and O–H groups in total. The van der Waals surface area contributed by atoms with Crippen LogP contribution in [0.3, 0.4) is 0 Å². The molecule has 110 valence electrons. The second-order valence-electron chi connectivity index (χ2n) is 5.24. The molecule has 1 aromatic heterocycles. The number of carbonyl (C=O) groups excluding carboxylic acids is 1. The quantitative estimate of drug-likeness (QED) is 0.821. The van der Waals surface area contributed by atoms with E-state index in [0.717, 1.165) is 24.6 Å². The molecule has 0 saturated carbocycles. The Morgan fingerprint density at radius 1 is 1.60 bits per heavy atom. The fourth-order valence-electron chi connectivity index (χ4n) is 2.42. The van der Waals surface area contributed by atoms with E-state index in [-0.39, 0.29) is 18.6 Å². The second-order valence-corrected chi connectivity index (χ2v) is 5.24. The van der Waals surface area contributed by atoms with Crippen molar-refractivity contribution in [2.45, 2.75) is 13.0 Å². The molecular formula is C14H22N4O2. The van der Waals surface area contributed by atoms with Gasteiger partial charge in [-0.2, -0.15) is 0 Å². The molecule has 20 heavy (non-hydrogen) atoms. The van der Waals surface area contributed by atoms with Gasteiger partial charge in [0.25, 0.3) is 0 Å². The van der Waals surface area contributed by atoms with Gasteiger partial charge in [-0.05, 0) is 26.1 Å². The number of aryl methyl sites for hydroxylation is 1. The number of carbonyl (C=O) groups is 1. The van der Waals surface area contributed by atoms with E-state index in [9.17, 15) is 4.79 Å². The Balaban J connectivity index is 1.93. The van der Waals surface area contributed by atoms with Crippen LogP contribution >= 0.6 is 0 Å². The Labute approximate surface area is 119 Å². The van der Waals surface area contributed by atoms with Crippen LogP contribution in [-0.4, -0.2) is 61.7 Å². The van der Waals surface area contributed by atoms with Gasteiger partial charge in [-0.25, -0.2) is 4.98 Å². The first kappa shape index (κ1) is 14.7. The highest BCUT2D eigenvalue weighted by Crippen LogP contribution is 2.16. The SMILES string of the molecule is Cc1cccc(N2CCO[C@H](CN(C)CC(N)=O)C2)n1. The average molecular weight is 278 g/mol. The first-order valence-electron chi connectivity index (χ1n) is 6.81. The summed E-state index contributed by atoms with van der Waals surface area (Å²) < 4.78 is 5.75. The number of primary amides is 1. The molecule has 1 aliphatic rings. The molecule has 1 aliphatic heterocycles. The van der Waals surface area contributed by atoms with Crippen molar-refractivity contribution < 1.29 is 9.53 Å². The van der Waals surface area contributed by atoms with E-state index < -0.39 is 0 Å². The van der Waals surface area contributed by atoms with E-state index in [1.54, 1.807) is 0 Å². The number of ether oxygens (including phenoxy) is 1. The summed E-state index contributed by atoms with van der Waals surface area (Å²) in [5, 5.41) is 0. The second kappa shape index (κ2) is 6.67. The molecule has 6 nitrogen and oxygen atoms in total. The molecular weight excluding hydrogens is 256 g/mol. The van der Waals surface area contributed by atoms with Gasteiger partial charge in [0.2, 0.25) is 5.91 Å². The van der Waals surface area contributed by atoms with E-state index in [2.05, 4.69) is 9.88 Å². The third-order valence-corrected chi connectivity index (χ3v) is 3.28. The lowest BCUT2D eigenvalue weighted by molar-refractivity contribution is -0.119. The van der Waals surface area contributed by atoms with Crippen LogP contribution in [0.25, 0.3) is 0 Å². The van der Waals surface area contributed by atoms with Crippen LogP contribution in [0.15, 0.2) is 18.2 Å². The molecule has 0 radical (unpaired) electrons. The highest BCUT2D eigenvalue weighted by Gasteiger charge is 2.23. The fraction of sp³-hybridized carbons (Fsp3) is 0.571. The Kier molecular flexibility index (Phi) is 4.92. The molecule has 1 atom stereocenters. The molecule has 2 rings (SSSR count). The van der Waals surface area contributed by atoms with Crippen LogP contribution in [-0.2, 0) is 9.53 Å². The van der Waals surface area contributed by atoms with Gasteiger partial charge in [-0.15, -0.1) is 0 Å². The maximum Gasteiger partial charge on any atom is 0.231 e. The van der Waals surface area contributed by atoms with Crippen LogP contribution in [0.2, 0.25) is 0 Å². The minimum Gasteiger partial charge on any atom is -0.373 e. The van der Waals surface area contributed by atoms with Crippen LogP contribution in [0.4, 0.5) is 5.82 Å². The van der Waals surface area contributed by atoms with Crippen molar-refractivity contribution in [1.82, 2.24) is 9.88 Å². The molecule has 0 unspecified atom stereocenters. The monoisotopic (exact) mass is 278 g/mol. The molecule has 0 bridgehead atoms. The number of nitrogens with two attached hydrogens (primary N) is 1. The maximum absolute atomic E-state index is 10.9. The smallest absolute Gasteiger partial charge is 0.231 e. The number of amides is 1. The number of morpholine rings is 1. The number of hydrogen-bond donors (Lipinski definition) is 1. The van der Waals surface area contributed by atoms with Gasteiger partial charge in [0.05, 0.1) is 19.3 Å². The summed E-state index contributed by atoms with van der Waals surface area (Å²) in [6.45, 7) is 5.21. The molecule has 1 amide bonds. The van der Waals surface area contributed by atoms with E-state index in [0.29, 0.717) is 13.2 Å². The van der Waals surface area contributed by atoms with Crippen LogP contribution in [0.5, 0.6) is 0 Å². The third kappa shape index (κ3) is 4.18. The highest BCUT2D eigenvalue weighted by atomic mass is 16.5. The zero-order valence-corrected chi connectivity index (χ0v) is 12.1. The molecule has 1 fully saturated rings. The first-order valence-corrected chi connectivity index (χ1v) is 6.81. The molecule has 0 aromatic carbocycles. The lowest BCUT2D eigenvalue weighted by Gasteiger charge is -2.35. The zero-order chi connectivity index (χ0) is 14.5. The summed E-state index contributed by atoms with van der Waals surface area (Å²) in [6.07, 6.45) is 0.0652. The highest BCUT2D eigenvalue weighted by molar-refractivity contribution is 5.75. The van der Waals surface area contributed by atoms with Crippen molar-refractivity contribution >= 4 is 11.7 Å². The average Bonchev–Trinajstić information content (AvgIpc) is 2.38. The molecule has 1 saturated heterocycles. The van der Waals surface area contributed by atoms with E-state index in [4.69, 9.17) is 10.5 Å². The van der Waals surface area contributed by atoms with Crippen molar-refractivity contribution in [3.63, 3.8) is 0 Å². The number of hydrogen-bond acceptors (Lipinski definition) is 5. The van der Waals surface area contributed by atoms with Gasteiger partial charge >= 0.3 is 0 Å². The predicted octanol–water partition coefficient (Wildman–Crippen LogP) is 0.0123. The Bertz CT molecular complexity index is 466. The van der Waals surface area contributed by atoms with Gasteiger partial charge in [0, 0.05) is 25.3 Å². The number of nitrogens with zero attached hydrogens (tertiary/aromatic N) is 3. The largest absolute Gasteiger partial charge is 0.373 e. The van der Waals surface area contributed by atoms with Crippen LogP contribution in [0, 0.1) is 6.92 Å². The van der Waals surface area contributed by atoms with Gasteiger partial charge in [-0.3, -0.25) is 9.69 Å². The first-order chi connectivity index (χ1) is 9.54. The number of likely N-dealkylation sites (N-methyl/N-ethyl adjacent to an activating group) is 1. The summed E-state index contributed by atoms with van der Waals surface area (Å²) in [5.74, 6) is 0.663. The lowest BCUT2D eigenvalue weighted by Crippen LogP contribution is -2.48. The van der Waals surface area contributed by atoms with E-state index >= 15 is 0 Å². The minimum atomic E-state index is -0.319. The van der Waals surface area contributed by atoms with Gasteiger partial charge in [0.15, 0.2) is 0 Å². The summed E-state index contributed by atoms with van der Waals surface area (Å²) in [5.41, 5.74) is 6.20. The maximum atomic E-state index is 10.9. The molecule has 6 heteroatoms. The Hall–Kier alpha value is -1.66. The summed E-state index contributed by atoms with van der Waals surface area (Å²) in [7, 11) is 1.87. The van der Waals surface area contributed by atoms with Crippen molar-refractivity contribution in [2.24, 2.45) is 5.73 Å². The summed E-state index contributed by atoms with van der Waals surface area (Å²) >= 11 is 0. The number of aromatic nitrogens is 1. The standard InChI is InChI=1S/C14H22N4O2/c1-11-4-3-5-14(16-11)18-6-7-20-12(9-18)8-17(2)10-13(15)19/h3-5,12H,6-10H2,1-2H3,(H2,15,19)/t12-/m1/s1. The van der Waals surface area contributed by atoms with Gasteiger partial charge in [-0.1, -0.05) is 6.07 Å². The van der Waals surface area contributed by atoms with Crippen molar-refractivity contribution in [3.05, 3.63) is 23.9 Å². The zero-order valence-electron chi connectivity index (χ0n) is 12.1. The fourth-order valence-corrected chi connectivity index (χ4v) is 2.42. The van der Waals surface area contributed by atoms with Crippen molar-refractivity contribution in [1.29, 1.82) is 0 Å².